The Kier molecular flexibility index (Phi) is 4.86. The molecule has 0 bridgehead atoms. The van der Waals surface area contributed by atoms with Crippen LogP contribution in [0.15, 0.2) is 6.20 Å². The Labute approximate surface area is 116 Å². The number of nitrogens with two attached hydrogens (primary N) is 1. The van der Waals surface area contributed by atoms with Gasteiger partial charge in [-0.3, -0.25) is 4.68 Å². The van der Waals surface area contributed by atoms with Crippen LogP contribution >= 0.6 is 0 Å². The normalized spacial score (nSPS) is 25.3. The molecule has 0 saturated heterocycles. The van der Waals surface area contributed by atoms with Gasteiger partial charge < -0.3 is 10.5 Å². The van der Waals surface area contributed by atoms with Crippen LogP contribution in [0.4, 0.5) is 0 Å². The molecule has 1 unspecified atom stereocenters. The summed E-state index contributed by atoms with van der Waals surface area (Å²) in [5, 5.41) is 4.42. The van der Waals surface area contributed by atoms with Crippen molar-refractivity contribution in [1.82, 2.24) is 9.78 Å². The van der Waals surface area contributed by atoms with E-state index in [0.717, 1.165) is 30.3 Å². The van der Waals surface area contributed by atoms with Gasteiger partial charge in [0.05, 0.1) is 25.0 Å². The Morgan fingerprint density at radius 2 is 2.11 bits per heavy atom. The van der Waals surface area contributed by atoms with E-state index >= 15 is 0 Å². The highest BCUT2D eigenvalue weighted by Gasteiger charge is 2.29. The summed E-state index contributed by atoms with van der Waals surface area (Å²) < 4.78 is 7.47. The smallest absolute Gasteiger partial charge is 0.161 e. The highest BCUT2D eigenvalue weighted by Crippen LogP contribution is 2.38. The molecule has 0 spiro atoms. The van der Waals surface area contributed by atoms with Gasteiger partial charge in [-0.15, -0.1) is 0 Å². The third-order valence-electron chi connectivity index (χ3n) is 4.38. The molecule has 1 fully saturated rings. The van der Waals surface area contributed by atoms with E-state index in [9.17, 15) is 0 Å². The minimum absolute atomic E-state index is 0.0523. The van der Waals surface area contributed by atoms with E-state index in [1.54, 1.807) is 13.3 Å². The summed E-state index contributed by atoms with van der Waals surface area (Å²) in [4.78, 5) is 0. The van der Waals surface area contributed by atoms with E-state index < -0.39 is 0 Å². The molecule has 0 radical (unpaired) electrons. The van der Waals surface area contributed by atoms with Gasteiger partial charge in [0.2, 0.25) is 0 Å². The summed E-state index contributed by atoms with van der Waals surface area (Å²) >= 11 is 0. The van der Waals surface area contributed by atoms with Crippen LogP contribution in [0.2, 0.25) is 0 Å². The van der Waals surface area contributed by atoms with Crippen molar-refractivity contribution in [2.75, 3.05) is 7.11 Å². The molecule has 1 aromatic rings. The van der Waals surface area contributed by atoms with Crippen LogP contribution in [-0.4, -0.2) is 16.9 Å². The fourth-order valence-corrected chi connectivity index (χ4v) is 3.13. The molecule has 4 heteroatoms. The van der Waals surface area contributed by atoms with Crippen LogP contribution in [0.25, 0.3) is 0 Å². The lowest BCUT2D eigenvalue weighted by Gasteiger charge is -2.31. The monoisotopic (exact) mass is 265 g/mol. The number of methoxy groups -OCH3 is 1. The Morgan fingerprint density at radius 3 is 2.68 bits per heavy atom. The van der Waals surface area contributed by atoms with E-state index in [-0.39, 0.29) is 6.04 Å². The van der Waals surface area contributed by atoms with Gasteiger partial charge in [0.15, 0.2) is 5.75 Å². The molecule has 1 aliphatic carbocycles. The number of hydrogen-bond donors (Lipinski definition) is 1. The maximum Gasteiger partial charge on any atom is 0.161 e. The average molecular weight is 265 g/mol. The third-order valence-corrected chi connectivity index (χ3v) is 4.38. The number of aryl methyl sites for hydroxylation is 1. The van der Waals surface area contributed by atoms with Crippen LogP contribution < -0.4 is 10.5 Å². The fourth-order valence-electron chi connectivity index (χ4n) is 3.13. The molecule has 0 amide bonds. The first-order valence-electron chi connectivity index (χ1n) is 7.52. The van der Waals surface area contributed by atoms with Crippen LogP contribution in [0.5, 0.6) is 5.75 Å². The predicted molar refractivity (Wildman–Crippen MR) is 77.1 cm³/mol. The third kappa shape index (κ3) is 3.11. The minimum Gasteiger partial charge on any atom is -0.493 e. The molecule has 108 valence electrons. The van der Waals surface area contributed by atoms with Crippen LogP contribution in [0, 0.1) is 11.8 Å². The Hall–Kier alpha value is -1.03. The molecule has 2 N–H and O–H groups in total. The van der Waals surface area contributed by atoms with Crippen molar-refractivity contribution in [2.45, 2.75) is 58.5 Å². The Balaban J connectivity index is 2.16. The summed E-state index contributed by atoms with van der Waals surface area (Å²) in [5.74, 6) is 2.27. The number of rotatable bonds is 5. The van der Waals surface area contributed by atoms with Crippen LogP contribution in [-0.2, 0) is 6.54 Å². The molecule has 1 aromatic heterocycles. The molecule has 19 heavy (non-hydrogen) atoms. The van der Waals surface area contributed by atoms with Gasteiger partial charge in [0.1, 0.15) is 0 Å². The molecule has 1 heterocycles. The lowest BCUT2D eigenvalue weighted by atomic mass is 9.78. The zero-order valence-electron chi connectivity index (χ0n) is 12.4. The second kappa shape index (κ2) is 6.42. The van der Waals surface area contributed by atoms with Crippen molar-refractivity contribution in [2.24, 2.45) is 17.6 Å². The van der Waals surface area contributed by atoms with Crippen molar-refractivity contribution < 1.29 is 4.74 Å². The summed E-state index contributed by atoms with van der Waals surface area (Å²) in [5.41, 5.74) is 7.61. The van der Waals surface area contributed by atoms with Crippen LogP contribution in [0.1, 0.15) is 57.7 Å². The quantitative estimate of drug-likeness (QED) is 0.890. The van der Waals surface area contributed by atoms with E-state index in [4.69, 9.17) is 10.5 Å². The summed E-state index contributed by atoms with van der Waals surface area (Å²) in [6.45, 7) is 5.41. The molecule has 0 aliphatic heterocycles. The summed E-state index contributed by atoms with van der Waals surface area (Å²) in [6.07, 6.45) is 7.90. The Bertz CT molecular complexity index is 394. The number of aromatic nitrogens is 2. The van der Waals surface area contributed by atoms with E-state index in [1.165, 1.54) is 25.7 Å². The minimum atomic E-state index is 0.0523. The molecule has 1 aliphatic rings. The largest absolute Gasteiger partial charge is 0.493 e. The van der Waals surface area contributed by atoms with Crippen molar-refractivity contribution in [3.8, 4) is 5.75 Å². The van der Waals surface area contributed by atoms with E-state index in [0.29, 0.717) is 5.92 Å². The maximum absolute atomic E-state index is 6.53. The zero-order valence-corrected chi connectivity index (χ0v) is 12.4. The van der Waals surface area contributed by atoms with Gasteiger partial charge in [-0.1, -0.05) is 26.7 Å². The van der Waals surface area contributed by atoms with Gasteiger partial charge in [-0.05, 0) is 31.1 Å². The first-order chi connectivity index (χ1) is 9.17. The topological polar surface area (TPSA) is 53.1 Å². The van der Waals surface area contributed by atoms with E-state index in [2.05, 4.69) is 18.9 Å². The van der Waals surface area contributed by atoms with Gasteiger partial charge in [-0.25, -0.2) is 0 Å². The number of nitrogens with zero attached hydrogens (tertiary/aromatic N) is 2. The first kappa shape index (κ1) is 14.4. The highest BCUT2D eigenvalue weighted by molar-refractivity contribution is 5.28. The highest BCUT2D eigenvalue weighted by atomic mass is 16.5. The molecule has 2 rings (SSSR count). The van der Waals surface area contributed by atoms with Crippen LogP contribution in [0.3, 0.4) is 0 Å². The van der Waals surface area contributed by atoms with Crippen molar-refractivity contribution in [3.63, 3.8) is 0 Å². The summed E-state index contributed by atoms with van der Waals surface area (Å²) in [7, 11) is 1.70. The first-order valence-corrected chi connectivity index (χ1v) is 7.52. The average Bonchev–Trinajstić information content (AvgIpc) is 2.82. The van der Waals surface area contributed by atoms with Gasteiger partial charge >= 0.3 is 0 Å². The lowest BCUT2D eigenvalue weighted by Crippen LogP contribution is -2.28. The van der Waals surface area contributed by atoms with E-state index in [1.807, 2.05) is 4.68 Å². The van der Waals surface area contributed by atoms with Gasteiger partial charge in [0, 0.05) is 6.54 Å². The van der Waals surface area contributed by atoms with Gasteiger partial charge in [0.25, 0.3) is 0 Å². The molecule has 4 nitrogen and oxygen atoms in total. The Morgan fingerprint density at radius 1 is 1.42 bits per heavy atom. The lowest BCUT2D eigenvalue weighted by molar-refractivity contribution is 0.246. The van der Waals surface area contributed by atoms with Gasteiger partial charge in [-0.2, -0.15) is 5.10 Å². The second-order valence-corrected chi connectivity index (χ2v) is 5.87. The zero-order chi connectivity index (χ0) is 13.8. The molecule has 1 saturated carbocycles. The molecule has 1 atom stereocenters. The standard InChI is InChI=1S/C15H27N3O/c1-4-9-18-15(13(19-3)10-17-18)14(16)12-7-5-11(2)6-8-12/h10-12,14H,4-9,16H2,1-3H3. The fraction of sp³-hybridized carbons (Fsp3) is 0.800. The SMILES string of the molecule is CCCn1ncc(OC)c1C(N)C1CCC(C)CC1. The molecular weight excluding hydrogens is 238 g/mol. The summed E-state index contributed by atoms with van der Waals surface area (Å²) in [6, 6.07) is 0.0523. The number of ether oxygens (including phenoxy) is 1. The maximum atomic E-state index is 6.53. The predicted octanol–water partition coefficient (Wildman–Crippen LogP) is 3.13. The van der Waals surface area contributed by atoms with Crippen molar-refractivity contribution >= 4 is 0 Å². The molecular formula is C15H27N3O. The second-order valence-electron chi connectivity index (χ2n) is 5.87. The molecule has 0 aromatic carbocycles. The van der Waals surface area contributed by atoms with Crippen molar-refractivity contribution in [1.29, 1.82) is 0 Å². The number of hydrogen-bond acceptors (Lipinski definition) is 3. The van der Waals surface area contributed by atoms with Crippen molar-refractivity contribution in [3.05, 3.63) is 11.9 Å².